The fraction of sp³-hybridized carbons (Fsp3) is 0.789. The van der Waals surface area contributed by atoms with Crippen molar-refractivity contribution in [2.24, 2.45) is 11.8 Å². The Morgan fingerprint density at radius 3 is 2.81 bits per heavy atom. The first-order valence-corrected chi connectivity index (χ1v) is 8.84. The van der Waals surface area contributed by atoms with Crippen LogP contribution in [0.15, 0.2) is 12.2 Å². The van der Waals surface area contributed by atoms with Crippen LogP contribution in [0.1, 0.15) is 57.8 Å². The van der Waals surface area contributed by atoms with Crippen molar-refractivity contribution in [3.05, 3.63) is 12.2 Å². The third kappa shape index (κ3) is 3.05. The number of piperidine rings is 1. The highest BCUT2D eigenvalue weighted by atomic mass is 16.3. The van der Waals surface area contributed by atoms with Gasteiger partial charge in [0.2, 0.25) is 0 Å². The summed E-state index contributed by atoms with van der Waals surface area (Å²) in [5.41, 5.74) is 0. The van der Waals surface area contributed by atoms with Crippen LogP contribution in [-0.4, -0.2) is 34.7 Å². The largest absolute Gasteiger partial charge is 0.396 e. The number of terminal acetylenes is 1. The minimum Gasteiger partial charge on any atom is -0.396 e. The number of nitrogens with zero attached hydrogens (tertiary/aromatic N) is 1. The molecule has 2 heterocycles. The van der Waals surface area contributed by atoms with Crippen molar-refractivity contribution in [1.29, 1.82) is 0 Å². The van der Waals surface area contributed by atoms with Crippen molar-refractivity contribution < 1.29 is 5.11 Å². The number of rotatable bonds is 4. The maximum atomic E-state index is 9.35. The second-order valence-electron chi connectivity index (χ2n) is 7.15. The Labute approximate surface area is 129 Å². The molecule has 2 nitrogen and oxygen atoms in total. The third-order valence-electron chi connectivity index (χ3n) is 6.18. The van der Waals surface area contributed by atoms with E-state index in [1.54, 1.807) is 0 Å². The lowest BCUT2D eigenvalue weighted by molar-refractivity contribution is -0.0166. The van der Waals surface area contributed by atoms with Crippen LogP contribution in [0.3, 0.4) is 0 Å². The zero-order valence-electron chi connectivity index (χ0n) is 13.1. The molecule has 3 rings (SSSR count). The molecule has 1 saturated carbocycles. The van der Waals surface area contributed by atoms with Gasteiger partial charge in [0.15, 0.2) is 0 Å². The van der Waals surface area contributed by atoms with Gasteiger partial charge in [-0.15, -0.1) is 6.42 Å². The topological polar surface area (TPSA) is 23.5 Å². The standard InChI is InChI=1S/C19H29NO/c1-2-3-4-6-15-7-5-8-19-18(15)12-11-16-9-10-17(13-14-21)20(16)19/h1,3-4,15-19,21H,5-14H2/b4-3-/t15-,16-,17-,18+,19-/m1/s1. The van der Waals surface area contributed by atoms with Gasteiger partial charge in [-0.25, -0.2) is 0 Å². The summed E-state index contributed by atoms with van der Waals surface area (Å²) in [5, 5.41) is 9.35. The van der Waals surface area contributed by atoms with Crippen molar-refractivity contribution >= 4 is 0 Å². The van der Waals surface area contributed by atoms with E-state index >= 15 is 0 Å². The first-order chi connectivity index (χ1) is 10.3. The van der Waals surface area contributed by atoms with Crippen molar-refractivity contribution in [3.63, 3.8) is 0 Å². The maximum absolute atomic E-state index is 9.35. The molecule has 21 heavy (non-hydrogen) atoms. The minimum absolute atomic E-state index is 0.347. The molecule has 3 fully saturated rings. The fourth-order valence-corrected chi connectivity index (χ4v) is 5.38. The summed E-state index contributed by atoms with van der Waals surface area (Å²) in [4.78, 5) is 2.83. The van der Waals surface area contributed by atoms with E-state index in [0.29, 0.717) is 12.6 Å². The predicted molar refractivity (Wildman–Crippen MR) is 86.8 cm³/mol. The van der Waals surface area contributed by atoms with Crippen LogP contribution >= 0.6 is 0 Å². The zero-order valence-corrected chi connectivity index (χ0v) is 13.1. The lowest BCUT2D eigenvalue weighted by Crippen LogP contribution is -2.54. The van der Waals surface area contributed by atoms with E-state index in [1.807, 2.05) is 6.08 Å². The predicted octanol–water partition coefficient (Wildman–Crippen LogP) is 3.36. The van der Waals surface area contributed by atoms with Crippen molar-refractivity contribution in [1.82, 2.24) is 4.90 Å². The quantitative estimate of drug-likeness (QED) is 0.802. The molecule has 1 N–H and O–H groups in total. The zero-order chi connectivity index (χ0) is 14.7. The van der Waals surface area contributed by atoms with Crippen LogP contribution in [0.25, 0.3) is 0 Å². The lowest BCUT2D eigenvalue weighted by Gasteiger charge is -2.51. The molecule has 1 aliphatic carbocycles. The second kappa shape index (κ2) is 6.99. The van der Waals surface area contributed by atoms with Gasteiger partial charge in [0.05, 0.1) is 0 Å². The summed E-state index contributed by atoms with van der Waals surface area (Å²) in [7, 11) is 0. The Bertz CT molecular complexity index is 410. The summed E-state index contributed by atoms with van der Waals surface area (Å²) in [5.74, 6) is 4.30. The minimum atomic E-state index is 0.347. The molecule has 0 unspecified atom stereocenters. The highest BCUT2D eigenvalue weighted by molar-refractivity contribution is 5.10. The van der Waals surface area contributed by atoms with Crippen LogP contribution in [0.5, 0.6) is 0 Å². The van der Waals surface area contributed by atoms with E-state index in [9.17, 15) is 5.11 Å². The van der Waals surface area contributed by atoms with Gasteiger partial charge in [-0.05, 0) is 69.3 Å². The summed E-state index contributed by atoms with van der Waals surface area (Å²) < 4.78 is 0. The molecule has 0 aromatic rings. The molecule has 0 aromatic carbocycles. The van der Waals surface area contributed by atoms with Gasteiger partial charge in [0.1, 0.15) is 0 Å². The van der Waals surface area contributed by atoms with E-state index in [0.717, 1.165) is 36.8 Å². The second-order valence-corrected chi connectivity index (χ2v) is 7.15. The number of aliphatic hydroxyl groups excluding tert-OH is 1. The average molecular weight is 287 g/mol. The number of allylic oxidation sites excluding steroid dienone is 2. The van der Waals surface area contributed by atoms with Crippen molar-refractivity contribution in [2.75, 3.05) is 6.61 Å². The highest BCUT2D eigenvalue weighted by Gasteiger charge is 2.46. The summed E-state index contributed by atoms with van der Waals surface area (Å²) in [6, 6.07) is 2.23. The van der Waals surface area contributed by atoms with E-state index in [2.05, 4.69) is 16.9 Å². The van der Waals surface area contributed by atoms with E-state index in [-0.39, 0.29) is 0 Å². The Kier molecular flexibility index (Phi) is 5.03. The molecule has 0 amide bonds. The molecule has 5 atom stereocenters. The van der Waals surface area contributed by atoms with Crippen LogP contribution in [0.4, 0.5) is 0 Å². The Hall–Kier alpha value is -0.780. The monoisotopic (exact) mass is 287 g/mol. The maximum Gasteiger partial charge on any atom is 0.0445 e. The number of fused-ring (bicyclic) bond motifs is 3. The van der Waals surface area contributed by atoms with Crippen LogP contribution in [-0.2, 0) is 0 Å². The number of hydrogen-bond donors (Lipinski definition) is 1. The molecule has 116 valence electrons. The van der Waals surface area contributed by atoms with E-state index in [4.69, 9.17) is 6.42 Å². The van der Waals surface area contributed by atoms with Gasteiger partial charge in [-0.2, -0.15) is 0 Å². The third-order valence-corrected chi connectivity index (χ3v) is 6.18. The van der Waals surface area contributed by atoms with Gasteiger partial charge in [-0.1, -0.05) is 18.4 Å². The molecule has 0 aromatic heterocycles. The van der Waals surface area contributed by atoms with E-state index < -0.39 is 0 Å². The molecule has 2 aliphatic heterocycles. The van der Waals surface area contributed by atoms with Crippen molar-refractivity contribution in [3.8, 4) is 12.3 Å². The van der Waals surface area contributed by atoms with E-state index in [1.165, 1.54) is 44.9 Å². The Morgan fingerprint density at radius 2 is 2.00 bits per heavy atom. The normalized spacial score (nSPS) is 39.9. The van der Waals surface area contributed by atoms with Gasteiger partial charge in [0, 0.05) is 24.7 Å². The molecular weight excluding hydrogens is 258 g/mol. The molecule has 3 aliphatic rings. The molecule has 2 saturated heterocycles. The molecular formula is C19H29NO. The summed E-state index contributed by atoms with van der Waals surface area (Å²) in [6.45, 7) is 0.347. The van der Waals surface area contributed by atoms with Crippen LogP contribution in [0, 0.1) is 24.2 Å². The Balaban J connectivity index is 1.71. The molecule has 0 radical (unpaired) electrons. The van der Waals surface area contributed by atoms with Crippen LogP contribution in [0.2, 0.25) is 0 Å². The first-order valence-electron chi connectivity index (χ1n) is 8.84. The van der Waals surface area contributed by atoms with Crippen LogP contribution < -0.4 is 0 Å². The fourth-order valence-electron chi connectivity index (χ4n) is 5.38. The summed E-state index contributed by atoms with van der Waals surface area (Å²) >= 11 is 0. The molecule has 2 heteroatoms. The molecule has 0 spiro atoms. The van der Waals surface area contributed by atoms with Gasteiger partial charge < -0.3 is 5.11 Å². The lowest BCUT2D eigenvalue weighted by atomic mass is 9.69. The SMILES string of the molecule is C#C/C=C\C[C@@H]1CCC[C@@H]2[C@H]1CC[C@H]1CC[C@H](CCO)N12. The van der Waals surface area contributed by atoms with Gasteiger partial charge >= 0.3 is 0 Å². The molecule has 0 bridgehead atoms. The smallest absolute Gasteiger partial charge is 0.0445 e. The number of aliphatic hydroxyl groups is 1. The van der Waals surface area contributed by atoms with Crippen molar-refractivity contribution in [2.45, 2.75) is 75.9 Å². The van der Waals surface area contributed by atoms with Gasteiger partial charge in [-0.3, -0.25) is 4.90 Å². The highest BCUT2D eigenvalue weighted by Crippen LogP contribution is 2.47. The average Bonchev–Trinajstić information content (AvgIpc) is 2.92. The van der Waals surface area contributed by atoms with Gasteiger partial charge in [0.25, 0.3) is 0 Å². The summed E-state index contributed by atoms with van der Waals surface area (Å²) in [6.07, 6.45) is 21.1. The number of hydrogen-bond acceptors (Lipinski definition) is 2. The Morgan fingerprint density at radius 1 is 1.14 bits per heavy atom. The first kappa shape index (κ1) is 15.1.